The Balaban J connectivity index is 2.44. The summed E-state index contributed by atoms with van der Waals surface area (Å²) in [6.45, 7) is 9.11. The van der Waals surface area contributed by atoms with E-state index in [0.717, 1.165) is 34.8 Å². The first-order chi connectivity index (χ1) is 9.56. The zero-order valence-corrected chi connectivity index (χ0v) is 13.3. The van der Waals surface area contributed by atoms with Gasteiger partial charge in [0, 0.05) is 4.88 Å². The number of halogens is 1. The zero-order valence-electron chi connectivity index (χ0n) is 12.5. The summed E-state index contributed by atoms with van der Waals surface area (Å²) in [6, 6.07) is 5.01. The average Bonchev–Trinajstić information content (AvgIpc) is 2.78. The van der Waals surface area contributed by atoms with E-state index in [1.165, 1.54) is 10.9 Å². The second-order valence-corrected chi connectivity index (χ2v) is 6.13. The summed E-state index contributed by atoms with van der Waals surface area (Å²) in [6.07, 6.45) is 0.948. The van der Waals surface area contributed by atoms with E-state index in [2.05, 4.69) is 26.1 Å². The van der Waals surface area contributed by atoms with Gasteiger partial charge in [-0.05, 0) is 50.1 Å². The largest absolute Gasteiger partial charge is 0.305 e. The molecule has 2 rings (SSSR count). The van der Waals surface area contributed by atoms with E-state index >= 15 is 0 Å². The molecule has 0 fully saturated rings. The van der Waals surface area contributed by atoms with Crippen LogP contribution in [0.1, 0.15) is 46.6 Å². The normalized spacial score (nSPS) is 12.7. The summed E-state index contributed by atoms with van der Waals surface area (Å²) in [5, 5.41) is 4.53. The predicted molar refractivity (Wildman–Crippen MR) is 82.9 cm³/mol. The fraction of sp³-hybridized carbons (Fsp3) is 0.438. The second kappa shape index (κ2) is 6.46. The maximum Gasteiger partial charge on any atom is 0.123 e. The van der Waals surface area contributed by atoms with Crippen LogP contribution in [0.5, 0.6) is 0 Å². The SMILES string of the molecule is CCNC(c1nc(CC)c(C)s1)c1ccc(F)cc1C. The van der Waals surface area contributed by atoms with Crippen LogP contribution in [0.2, 0.25) is 0 Å². The first-order valence-electron chi connectivity index (χ1n) is 7.02. The van der Waals surface area contributed by atoms with Gasteiger partial charge in [-0.2, -0.15) is 0 Å². The van der Waals surface area contributed by atoms with E-state index < -0.39 is 0 Å². The fourth-order valence-corrected chi connectivity index (χ4v) is 3.50. The molecule has 0 bridgehead atoms. The van der Waals surface area contributed by atoms with Crippen molar-refractivity contribution in [3.63, 3.8) is 0 Å². The van der Waals surface area contributed by atoms with Crippen LogP contribution in [0.3, 0.4) is 0 Å². The molecule has 1 aromatic heterocycles. The lowest BCUT2D eigenvalue weighted by atomic mass is 10.0. The van der Waals surface area contributed by atoms with Crippen LogP contribution in [-0.4, -0.2) is 11.5 Å². The van der Waals surface area contributed by atoms with Crippen LogP contribution in [-0.2, 0) is 6.42 Å². The lowest BCUT2D eigenvalue weighted by molar-refractivity contribution is 0.607. The monoisotopic (exact) mass is 292 g/mol. The molecule has 0 aliphatic rings. The maximum atomic E-state index is 13.3. The molecule has 20 heavy (non-hydrogen) atoms. The van der Waals surface area contributed by atoms with E-state index in [1.54, 1.807) is 17.4 Å². The molecule has 2 nitrogen and oxygen atoms in total. The average molecular weight is 292 g/mol. The summed E-state index contributed by atoms with van der Waals surface area (Å²) in [7, 11) is 0. The molecule has 0 saturated carbocycles. The number of aryl methyl sites for hydroxylation is 3. The van der Waals surface area contributed by atoms with Crippen molar-refractivity contribution in [3.05, 3.63) is 50.7 Å². The minimum Gasteiger partial charge on any atom is -0.305 e. The summed E-state index contributed by atoms with van der Waals surface area (Å²) >= 11 is 1.73. The topological polar surface area (TPSA) is 24.9 Å². The number of nitrogens with one attached hydrogen (secondary N) is 1. The highest BCUT2D eigenvalue weighted by molar-refractivity contribution is 7.11. The van der Waals surface area contributed by atoms with E-state index in [-0.39, 0.29) is 11.9 Å². The summed E-state index contributed by atoms with van der Waals surface area (Å²) in [4.78, 5) is 6.02. The second-order valence-electron chi connectivity index (χ2n) is 4.90. The Morgan fingerprint density at radius 1 is 1.30 bits per heavy atom. The quantitative estimate of drug-likeness (QED) is 0.895. The third-order valence-electron chi connectivity index (χ3n) is 3.44. The predicted octanol–water partition coefficient (Wildman–Crippen LogP) is 4.16. The third kappa shape index (κ3) is 3.07. The highest BCUT2D eigenvalue weighted by atomic mass is 32.1. The molecule has 0 saturated heterocycles. The molecule has 0 radical (unpaired) electrons. The molecule has 108 valence electrons. The molecule has 1 N–H and O–H groups in total. The molecule has 4 heteroatoms. The molecule has 1 heterocycles. The van der Waals surface area contributed by atoms with Gasteiger partial charge in [-0.15, -0.1) is 11.3 Å². The Hall–Kier alpha value is -1.26. The van der Waals surface area contributed by atoms with Crippen LogP contribution >= 0.6 is 11.3 Å². The van der Waals surface area contributed by atoms with Crippen molar-refractivity contribution in [1.29, 1.82) is 0 Å². The Bertz CT molecular complexity index is 592. The van der Waals surface area contributed by atoms with Gasteiger partial charge in [0.2, 0.25) is 0 Å². The van der Waals surface area contributed by atoms with E-state index in [9.17, 15) is 4.39 Å². The van der Waals surface area contributed by atoms with Crippen LogP contribution < -0.4 is 5.32 Å². The Morgan fingerprint density at radius 2 is 2.05 bits per heavy atom. The molecular weight excluding hydrogens is 271 g/mol. The highest BCUT2D eigenvalue weighted by Gasteiger charge is 2.20. The molecule has 1 atom stereocenters. The van der Waals surface area contributed by atoms with Crippen molar-refractivity contribution in [3.8, 4) is 0 Å². The Labute approximate surface area is 124 Å². The van der Waals surface area contributed by atoms with Crippen LogP contribution in [0, 0.1) is 19.7 Å². The Morgan fingerprint density at radius 3 is 2.60 bits per heavy atom. The molecule has 2 aromatic rings. The lowest BCUT2D eigenvalue weighted by Gasteiger charge is -2.18. The molecule has 1 aromatic carbocycles. The first-order valence-corrected chi connectivity index (χ1v) is 7.84. The highest BCUT2D eigenvalue weighted by Crippen LogP contribution is 2.30. The van der Waals surface area contributed by atoms with Crippen molar-refractivity contribution in [1.82, 2.24) is 10.3 Å². The van der Waals surface area contributed by atoms with Crippen LogP contribution in [0.4, 0.5) is 4.39 Å². The molecule has 1 unspecified atom stereocenters. The summed E-state index contributed by atoms with van der Waals surface area (Å²) in [5.74, 6) is -0.189. The van der Waals surface area contributed by atoms with Crippen molar-refractivity contribution >= 4 is 11.3 Å². The number of nitrogens with zero attached hydrogens (tertiary/aromatic N) is 1. The number of rotatable bonds is 5. The van der Waals surface area contributed by atoms with E-state index in [0.29, 0.717) is 0 Å². The maximum absolute atomic E-state index is 13.3. The van der Waals surface area contributed by atoms with Gasteiger partial charge in [-0.1, -0.05) is 19.9 Å². The van der Waals surface area contributed by atoms with E-state index in [4.69, 9.17) is 4.98 Å². The van der Waals surface area contributed by atoms with Gasteiger partial charge in [0.1, 0.15) is 10.8 Å². The number of hydrogen-bond donors (Lipinski definition) is 1. The standard InChI is InChI=1S/C16H21FN2S/c1-5-14-11(4)20-16(19-14)15(18-6-2)13-8-7-12(17)9-10(13)3/h7-9,15,18H,5-6H2,1-4H3. The minimum absolute atomic E-state index is 0.0459. The first kappa shape index (κ1) is 15.1. The van der Waals surface area contributed by atoms with Gasteiger partial charge >= 0.3 is 0 Å². The smallest absolute Gasteiger partial charge is 0.123 e. The number of aromatic nitrogens is 1. The van der Waals surface area contributed by atoms with Crippen molar-refractivity contribution in [2.75, 3.05) is 6.54 Å². The van der Waals surface area contributed by atoms with Crippen LogP contribution in [0.15, 0.2) is 18.2 Å². The van der Waals surface area contributed by atoms with Gasteiger partial charge in [-0.3, -0.25) is 0 Å². The lowest BCUT2D eigenvalue weighted by Crippen LogP contribution is -2.22. The van der Waals surface area contributed by atoms with Gasteiger partial charge in [0.25, 0.3) is 0 Å². The molecule has 0 aliphatic heterocycles. The van der Waals surface area contributed by atoms with Crippen molar-refractivity contribution in [2.45, 2.75) is 40.2 Å². The van der Waals surface area contributed by atoms with Gasteiger partial charge in [0.05, 0.1) is 11.7 Å². The number of benzene rings is 1. The molecule has 0 amide bonds. The fourth-order valence-electron chi connectivity index (χ4n) is 2.40. The molecular formula is C16H21FN2S. The van der Waals surface area contributed by atoms with E-state index in [1.807, 2.05) is 13.0 Å². The van der Waals surface area contributed by atoms with Gasteiger partial charge < -0.3 is 5.32 Å². The summed E-state index contributed by atoms with van der Waals surface area (Å²) < 4.78 is 13.3. The van der Waals surface area contributed by atoms with Crippen LogP contribution in [0.25, 0.3) is 0 Å². The Kier molecular flexibility index (Phi) is 4.89. The van der Waals surface area contributed by atoms with Gasteiger partial charge in [0.15, 0.2) is 0 Å². The molecule has 0 aliphatic carbocycles. The van der Waals surface area contributed by atoms with Crippen molar-refractivity contribution in [2.24, 2.45) is 0 Å². The third-order valence-corrected chi connectivity index (χ3v) is 4.52. The van der Waals surface area contributed by atoms with Crippen molar-refractivity contribution < 1.29 is 4.39 Å². The van der Waals surface area contributed by atoms with Gasteiger partial charge in [-0.25, -0.2) is 9.37 Å². The molecule has 0 spiro atoms. The summed E-state index contributed by atoms with van der Waals surface area (Å²) in [5.41, 5.74) is 3.22. The zero-order chi connectivity index (χ0) is 14.7. The number of hydrogen-bond acceptors (Lipinski definition) is 3. The number of thiazole rings is 1. The minimum atomic E-state index is -0.189.